The Morgan fingerprint density at radius 3 is 2.78 bits per heavy atom. The Hall–Kier alpha value is -1.95. The van der Waals surface area contributed by atoms with E-state index < -0.39 is 0 Å². The second kappa shape index (κ2) is 5.14. The summed E-state index contributed by atoms with van der Waals surface area (Å²) < 4.78 is 6.96. The van der Waals surface area contributed by atoms with E-state index in [1.165, 1.54) is 6.33 Å². The average molecular weight is 247 g/mol. The van der Waals surface area contributed by atoms with Gasteiger partial charge in [0, 0.05) is 18.3 Å². The minimum absolute atomic E-state index is 0.254. The lowest BCUT2D eigenvalue weighted by atomic mass is 10.1. The Bertz CT molecular complexity index is 523. The van der Waals surface area contributed by atoms with E-state index in [1.54, 1.807) is 19.4 Å². The molecule has 2 aromatic heterocycles. The third kappa shape index (κ3) is 2.33. The number of aromatic nitrogens is 4. The molecular weight excluding hydrogens is 230 g/mol. The zero-order chi connectivity index (χ0) is 13.1. The van der Waals surface area contributed by atoms with Crippen LogP contribution in [0.1, 0.15) is 37.3 Å². The molecule has 18 heavy (non-hydrogen) atoms. The molecule has 2 N–H and O–H groups in total. The van der Waals surface area contributed by atoms with Crippen LogP contribution in [0.15, 0.2) is 24.7 Å². The van der Waals surface area contributed by atoms with Crippen LogP contribution in [-0.2, 0) is 0 Å². The molecule has 0 amide bonds. The SMILES string of the molecule is COc1cc(C(N)c2ccnn2C(C)C)ncn1. The summed E-state index contributed by atoms with van der Waals surface area (Å²) in [5.41, 5.74) is 7.85. The van der Waals surface area contributed by atoms with Crippen LogP contribution in [0.25, 0.3) is 0 Å². The van der Waals surface area contributed by atoms with Crippen LogP contribution in [0.5, 0.6) is 5.88 Å². The van der Waals surface area contributed by atoms with Gasteiger partial charge in [-0.05, 0) is 19.9 Å². The van der Waals surface area contributed by atoms with Gasteiger partial charge in [0.2, 0.25) is 5.88 Å². The Balaban J connectivity index is 2.35. The van der Waals surface area contributed by atoms with Crippen molar-refractivity contribution in [1.29, 1.82) is 0 Å². The fourth-order valence-corrected chi connectivity index (χ4v) is 1.79. The van der Waals surface area contributed by atoms with Crippen molar-refractivity contribution in [3.63, 3.8) is 0 Å². The third-order valence-electron chi connectivity index (χ3n) is 2.70. The largest absolute Gasteiger partial charge is 0.481 e. The van der Waals surface area contributed by atoms with E-state index in [2.05, 4.69) is 28.9 Å². The van der Waals surface area contributed by atoms with Crippen LogP contribution in [-0.4, -0.2) is 26.9 Å². The highest BCUT2D eigenvalue weighted by molar-refractivity contribution is 5.24. The van der Waals surface area contributed by atoms with E-state index in [9.17, 15) is 0 Å². The Kier molecular flexibility index (Phi) is 3.57. The Labute approximate surface area is 106 Å². The standard InChI is InChI=1S/C12H17N5O/c1-8(2)17-10(4-5-16-17)12(13)9-6-11(18-3)15-7-14-9/h4-8,12H,13H2,1-3H3. The van der Waals surface area contributed by atoms with Gasteiger partial charge in [-0.15, -0.1) is 0 Å². The number of hydrogen-bond donors (Lipinski definition) is 1. The molecule has 2 rings (SSSR count). The summed E-state index contributed by atoms with van der Waals surface area (Å²) in [5, 5.41) is 4.27. The lowest BCUT2D eigenvalue weighted by Crippen LogP contribution is -2.19. The summed E-state index contributed by atoms with van der Waals surface area (Å²) in [4.78, 5) is 8.15. The van der Waals surface area contributed by atoms with Crippen molar-refractivity contribution in [2.24, 2.45) is 5.73 Å². The fourth-order valence-electron chi connectivity index (χ4n) is 1.79. The summed E-state index contributed by atoms with van der Waals surface area (Å²) in [6.07, 6.45) is 3.19. The molecule has 2 aromatic rings. The molecule has 0 aliphatic carbocycles. The van der Waals surface area contributed by atoms with Gasteiger partial charge in [0.15, 0.2) is 0 Å². The first-order valence-corrected chi connectivity index (χ1v) is 5.78. The summed E-state index contributed by atoms with van der Waals surface area (Å²) >= 11 is 0. The number of rotatable bonds is 4. The van der Waals surface area contributed by atoms with Crippen LogP contribution < -0.4 is 10.5 Å². The molecule has 6 heteroatoms. The van der Waals surface area contributed by atoms with Crippen molar-refractivity contribution in [2.45, 2.75) is 25.9 Å². The summed E-state index contributed by atoms with van der Waals surface area (Å²) in [6, 6.07) is 3.55. The highest BCUT2D eigenvalue weighted by atomic mass is 16.5. The highest BCUT2D eigenvalue weighted by Gasteiger charge is 2.17. The Morgan fingerprint density at radius 1 is 1.33 bits per heavy atom. The topological polar surface area (TPSA) is 78.9 Å². The monoisotopic (exact) mass is 247 g/mol. The normalized spacial score (nSPS) is 12.7. The molecule has 1 atom stereocenters. The van der Waals surface area contributed by atoms with Gasteiger partial charge in [-0.1, -0.05) is 0 Å². The molecule has 0 aliphatic heterocycles. The molecule has 2 heterocycles. The zero-order valence-electron chi connectivity index (χ0n) is 10.7. The van der Waals surface area contributed by atoms with Gasteiger partial charge in [-0.3, -0.25) is 4.68 Å². The van der Waals surface area contributed by atoms with Crippen LogP contribution in [0, 0.1) is 0 Å². The van der Waals surface area contributed by atoms with E-state index in [1.807, 2.05) is 10.7 Å². The Morgan fingerprint density at radius 2 is 2.11 bits per heavy atom. The number of methoxy groups -OCH3 is 1. The van der Waals surface area contributed by atoms with Crippen molar-refractivity contribution >= 4 is 0 Å². The van der Waals surface area contributed by atoms with Crippen LogP contribution in [0.3, 0.4) is 0 Å². The maximum atomic E-state index is 6.22. The molecule has 0 saturated heterocycles. The first-order chi connectivity index (χ1) is 8.63. The molecule has 6 nitrogen and oxygen atoms in total. The van der Waals surface area contributed by atoms with Gasteiger partial charge in [0.1, 0.15) is 6.33 Å². The molecule has 0 aliphatic rings. The first-order valence-electron chi connectivity index (χ1n) is 5.78. The van der Waals surface area contributed by atoms with Gasteiger partial charge in [-0.2, -0.15) is 5.10 Å². The number of nitrogens with zero attached hydrogens (tertiary/aromatic N) is 4. The molecule has 1 unspecified atom stereocenters. The zero-order valence-corrected chi connectivity index (χ0v) is 10.7. The minimum atomic E-state index is -0.341. The second-order valence-electron chi connectivity index (χ2n) is 4.26. The van der Waals surface area contributed by atoms with Crippen LogP contribution in [0.2, 0.25) is 0 Å². The van der Waals surface area contributed by atoms with E-state index in [-0.39, 0.29) is 12.1 Å². The van der Waals surface area contributed by atoms with Crippen LogP contribution >= 0.6 is 0 Å². The maximum Gasteiger partial charge on any atom is 0.216 e. The third-order valence-corrected chi connectivity index (χ3v) is 2.70. The van der Waals surface area contributed by atoms with E-state index in [4.69, 9.17) is 10.5 Å². The summed E-state index contributed by atoms with van der Waals surface area (Å²) in [7, 11) is 1.57. The molecule has 0 spiro atoms. The molecule has 0 aromatic carbocycles. The molecule has 0 fully saturated rings. The summed E-state index contributed by atoms with van der Waals surface area (Å²) in [5.74, 6) is 0.506. The molecule has 96 valence electrons. The second-order valence-corrected chi connectivity index (χ2v) is 4.26. The predicted molar refractivity (Wildman–Crippen MR) is 67.2 cm³/mol. The van der Waals surface area contributed by atoms with Crippen molar-refractivity contribution in [2.75, 3.05) is 7.11 Å². The highest BCUT2D eigenvalue weighted by Crippen LogP contribution is 2.21. The van der Waals surface area contributed by atoms with E-state index >= 15 is 0 Å². The smallest absolute Gasteiger partial charge is 0.216 e. The molecule has 0 radical (unpaired) electrons. The van der Waals surface area contributed by atoms with Gasteiger partial charge >= 0.3 is 0 Å². The lowest BCUT2D eigenvalue weighted by Gasteiger charge is -2.16. The van der Waals surface area contributed by atoms with Gasteiger partial charge < -0.3 is 10.5 Å². The summed E-state index contributed by atoms with van der Waals surface area (Å²) in [6.45, 7) is 4.12. The number of hydrogen-bond acceptors (Lipinski definition) is 5. The molecule has 0 saturated carbocycles. The van der Waals surface area contributed by atoms with Gasteiger partial charge in [-0.25, -0.2) is 9.97 Å². The predicted octanol–water partition coefficient (Wildman–Crippen LogP) is 1.31. The van der Waals surface area contributed by atoms with Crippen molar-refractivity contribution in [3.05, 3.63) is 36.0 Å². The van der Waals surface area contributed by atoms with E-state index in [0.717, 1.165) is 5.69 Å². The molecular formula is C12H17N5O. The van der Waals surface area contributed by atoms with Crippen molar-refractivity contribution in [1.82, 2.24) is 19.7 Å². The average Bonchev–Trinajstić information content (AvgIpc) is 2.87. The fraction of sp³-hybridized carbons (Fsp3) is 0.417. The van der Waals surface area contributed by atoms with Gasteiger partial charge in [0.05, 0.1) is 24.5 Å². The number of ether oxygens (including phenoxy) is 1. The minimum Gasteiger partial charge on any atom is -0.481 e. The maximum absolute atomic E-state index is 6.22. The van der Waals surface area contributed by atoms with Crippen LogP contribution in [0.4, 0.5) is 0 Å². The van der Waals surface area contributed by atoms with Crippen molar-refractivity contribution in [3.8, 4) is 5.88 Å². The van der Waals surface area contributed by atoms with E-state index in [0.29, 0.717) is 11.6 Å². The number of nitrogens with two attached hydrogens (primary N) is 1. The van der Waals surface area contributed by atoms with Crippen molar-refractivity contribution < 1.29 is 4.74 Å². The quantitative estimate of drug-likeness (QED) is 0.881. The lowest BCUT2D eigenvalue weighted by molar-refractivity contribution is 0.395. The first kappa shape index (κ1) is 12.5. The van der Waals surface area contributed by atoms with Gasteiger partial charge in [0.25, 0.3) is 0 Å². The molecule has 0 bridgehead atoms.